The summed E-state index contributed by atoms with van der Waals surface area (Å²) in [5, 5.41) is 10.6. The summed E-state index contributed by atoms with van der Waals surface area (Å²) in [5.41, 5.74) is 0.169. The van der Waals surface area contributed by atoms with E-state index >= 15 is 0 Å². The van der Waals surface area contributed by atoms with Crippen LogP contribution in [0.2, 0.25) is 0 Å². The molecule has 0 saturated heterocycles. The molecule has 0 aliphatic heterocycles. The van der Waals surface area contributed by atoms with Crippen molar-refractivity contribution < 1.29 is 19.4 Å². The summed E-state index contributed by atoms with van der Waals surface area (Å²) in [7, 11) is 0. The minimum atomic E-state index is -0.508. The Bertz CT molecular complexity index is 923. The highest BCUT2D eigenvalue weighted by atomic mass is 16.5. The van der Waals surface area contributed by atoms with Gasteiger partial charge in [0.15, 0.2) is 0 Å². The molecule has 5 rings (SSSR count). The molecule has 10 atom stereocenters. The molecule has 4 heteroatoms. The first-order chi connectivity index (χ1) is 16.6. The third-order valence-electron chi connectivity index (χ3n) is 14.0. The van der Waals surface area contributed by atoms with Gasteiger partial charge in [-0.15, -0.1) is 0 Å². The lowest BCUT2D eigenvalue weighted by Crippen LogP contribution is -2.67. The highest BCUT2D eigenvalue weighted by molar-refractivity contribution is 5.76. The molecule has 4 nitrogen and oxygen atoms in total. The number of carboxylic acid groups (broad SMARTS) is 1. The van der Waals surface area contributed by atoms with Crippen LogP contribution in [0.3, 0.4) is 0 Å². The monoisotopic (exact) mass is 500 g/mol. The van der Waals surface area contributed by atoms with Crippen LogP contribution in [-0.2, 0) is 14.3 Å². The number of carbonyl (C=O) groups is 2. The number of carbonyl (C=O) groups excluding carboxylic acids is 1. The van der Waals surface area contributed by atoms with Gasteiger partial charge >= 0.3 is 11.9 Å². The lowest BCUT2D eigenvalue weighted by molar-refractivity contribution is -0.251. The van der Waals surface area contributed by atoms with Crippen molar-refractivity contribution in [3.63, 3.8) is 0 Å². The Morgan fingerprint density at radius 1 is 0.806 bits per heavy atom. The molecule has 204 valence electrons. The fourth-order valence-corrected chi connectivity index (χ4v) is 12.1. The fourth-order valence-electron chi connectivity index (χ4n) is 12.1. The summed E-state index contributed by atoms with van der Waals surface area (Å²) in [6.07, 6.45) is 10.9. The van der Waals surface area contributed by atoms with Crippen molar-refractivity contribution in [3.8, 4) is 0 Å². The third kappa shape index (κ3) is 3.23. The Kier molecular flexibility index (Phi) is 6.06. The van der Waals surface area contributed by atoms with Gasteiger partial charge in [-0.05, 0) is 116 Å². The largest absolute Gasteiger partial charge is 0.481 e. The number of rotatable bonds is 3. The van der Waals surface area contributed by atoms with E-state index in [-0.39, 0.29) is 33.7 Å². The number of ether oxygens (including phenoxy) is 1. The molecule has 0 bridgehead atoms. The highest BCUT2D eigenvalue weighted by Crippen LogP contribution is 2.77. The standard InChI is InChI=1S/C32H52O4/c1-19(2)21-11-16-32(27(34)35)18-17-30(7)22(26(21)32)9-10-24-29(6)14-13-25(36-20(3)33)28(4,5)23(29)12-15-31(24,30)8/h19,21-26H,9-18H2,1-8H3,(H,34,35)/t21-,22+,23-,24+,25-,26+,29-,30+,31?,32-/m0/s1. The number of aliphatic carboxylic acids is 1. The van der Waals surface area contributed by atoms with Crippen LogP contribution in [0.25, 0.3) is 0 Å². The van der Waals surface area contributed by atoms with E-state index in [0.29, 0.717) is 35.5 Å². The molecule has 0 radical (unpaired) electrons. The normalized spacial score (nSPS) is 51.5. The molecule has 1 N–H and O–H groups in total. The van der Waals surface area contributed by atoms with Gasteiger partial charge in [0, 0.05) is 12.3 Å². The highest BCUT2D eigenvalue weighted by Gasteiger charge is 2.72. The van der Waals surface area contributed by atoms with Gasteiger partial charge < -0.3 is 9.84 Å². The van der Waals surface area contributed by atoms with E-state index in [0.717, 1.165) is 38.5 Å². The molecule has 0 aromatic carbocycles. The van der Waals surface area contributed by atoms with Crippen molar-refractivity contribution in [2.24, 2.45) is 62.6 Å². The zero-order valence-electron chi connectivity index (χ0n) is 24.3. The predicted molar refractivity (Wildman–Crippen MR) is 142 cm³/mol. The quantitative estimate of drug-likeness (QED) is 0.403. The van der Waals surface area contributed by atoms with Crippen LogP contribution in [0, 0.1) is 62.6 Å². The molecule has 5 saturated carbocycles. The second kappa shape index (κ2) is 8.22. The summed E-state index contributed by atoms with van der Waals surface area (Å²) in [5.74, 6) is 2.48. The molecular weight excluding hydrogens is 448 g/mol. The van der Waals surface area contributed by atoms with Gasteiger partial charge in [0.05, 0.1) is 5.41 Å². The Morgan fingerprint density at radius 2 is 1.50 bits per heavy atom. The second-order valence-corrected chi connectivity index (χ2v) is 15.6. The minimum absolute atomic E-state index is 0.0144. The molecule has 0 heterocycles. The lowest BCUT2D eigenvalue weighted by Gasteiger charge is -2.72. The maximum absolute atomic E-state index is 12.8. The van der Waals surface area contributed by atoms with Crippen LogP contribution in [0.1, 0.15) is 120 Å². The summed E-state index contributed by atoms with van der Waals surface area (Å²) in [6, 6.07) is 0. The van der Waals surface area contributed by atoms with Gasteiger partial charge in [-0.1, -0.05) is 48.5 Å². The van der Waals surface area contributed by atoms with E-state index in [1.165, 1.54) is 25.7 Å². The average Bonchev–Trinajstić information content (AvgIpc) is 3.17. The van der Waals surface area contributed by atoms with E-state index in [9.17, 15) is 14.7 Å². The lowest BCUT2D eigenvalue weighted by atomic mass is 9.32. The van der Waals surface area contributed by atoms with Gasteiger partial charge in [-0.3, -0.25) is 9.59 Å². The molecule has 5 aliphatic carbocycles. The third-order valence-corrected chi connectivity index (χ3v) is 14.0. The number of carboxylic acids is 1. The van der Waals surface area contributed by atoms with Crippen LogP contribution in [0.15, 0.2) is 0 Å². The SMILES string of the molecule is CC(=O)O[C@H]1CC[C@@]2(C)[C@@H](CCC3(C)[C@@H]2CC[C@@H]2[C@H]4[C@H](C(C)C)CC[C@]4(C(=O)O)CC[C@]23C)C1(C)C. The Labute approximate surface area is 219 Å². The first kappa shape index (κ1) is 26.5. The molecule has 1 unspecified atom stereocenters. The van der Waals surface area contributed by atoms with E-state index in [4.69, 9.17) is 4.74 Å². The molecule has 5 fully saturated rings. The molecule has 5 aliphatic rings. The minimum Gasteiger partial charge on any atom is -0.481 e. The van der Waals surface area contributed by atoms with Crippen molar-refractivity contribution in [1.29, 1.82) is 0 Å². The first-order valence-electron chi connectivity index (χ1n) is 15.1. The summed E-state index contributed by atoms with van der Waals surface area (Å²) >= 11 is 0. The van der Waals surface area contributed by atoms with Crippen molar-refractivity contribution in [3.05, 3.63) is 0 Å². The van der Waals surface area contributed by atoms with Crippen LogP contribution < -0.4 is 0 Å². The zero-order chi connectivity index (χ0) is 26.5. The topological polar surface area (TPSA) is 63.6 Å². The van der Waals surface area contributed by atoms with E-state index in [1.54, 1.807) is 6.92 Å². The van der Waals surface area contributed by atoms with Crippen molar-refractivity contribution in [2.75, 3.05) is 0 Å². The van der Waals surface area contributed by atoms with Crippen molar-refractivity contribution >= 4 is 11.9 Å². The average molecular weight is 501 g/mol. The van der Waals surface area contributed by atoms with Crippen LogP contribution in [0.5, 0.6) is 0 Å². The number of esters is 1. The van der Waals surface area contributed by atoms with E-state index < -0.39 is 11.4 Å². The number of hydrogen-bond acceptors (Lipinski definition) is 3. The molecule has 0 amide bonds. The predicted octanol–water partition coefficient (Wildman–Crippen LogP) is 7.74. The Hall–Kier alpha value is -1.06. The maximum atomic E-state index is 12.8. The smallest absolute Gasteiger partial charge is 0.309 e. The Morgan fingerprint density at radius 3 is 2.11 bits per heavy atom. The van der Waals surface area contributed by atoms with E-state index in [2.05, 4.69) is 48.5 Å². The van der Waals surface area contributed by atoms with Crippen molar-refractivity contribution in [1.82, 2.24) is 0 Å². The molecular formula is C32H52O4. The molecule has 36 heavy (non-hydrogen) atoms. The fraction of sp³-hybridized carbons (Fsp3) is 0.938. The van der Waals surface area contributed by atoms with E-state index in [1.807, 2.05) is 0 Å². The van der Waals surface area contributed by atoms with Gasteiger partial charge in [-0.25, -0.2) is 0 Å². The van der Waals surface area contributed by atoms with Gasteiger partial charge in [-0.2, -0.15) is 0 Å². The zero-order valence-corrected chi connectivity index (χ0v) is 24.3. The second-order valence-electron chi connectivity index (χ2n) is 15.6. The van der Waals surface area contributed by atoms with Gasteiger partial charge in [0.1, 0.15) is 6.10 Å². The van der Waals surface area contributed by atoms with Crippen molar-refractivity contribution in [2.45, 2.75) is 126 Å². The van der Waals surface area contributed by atoms with Gasteiger partial charge in [0.2, 0.25) is 0 Å². The summed E-state index contributed by atoms with van der Waals surface area (Å²) < 4.78 is 5.89. The number of hydrogen-bond donors (Lipinski definition) is 1. The maximum Gasteiger partial charge on any atom is 0.309 e. The molecule has 0 aromatic heterocycles. The first-order valence-corrected chi connectivity index (χ1v) is 15.1. The number of fused-ring (bicyclic) bond motifs is 7. The summed E-state index contributed by atoms with van der Waals surface area (Å²) in [6.45, 7) is 18.7. The summed E-state index contributed by atoms with van der Waals surface area (Å²) in [4.78, 5) is 24.7. The van der Waals surface area contributed by atoms with Crippen LogP contribution >= 0.6 is 0 Å². The van der Waals surface area contributed by atoms with Crippen LogP contribution in [-0.4, -0.2) is 23.1 Å². The van der Waals surface area contributed by atoms with Crippen LogP contribution in [0.4, 0.5) is 0 Å². The molecule has 0 aromatic rings. The molecule has 0 spiro atoms. The van der Waals surface area contributed by atoms with Gasteiger partial charge in [0.25, 0.3) is 0 Å². The Balaban J connectivity index is 1.52.